The molecule has 2 rings (SSSR count). The lowest BCUT2D eigenvalue weighted by Crippen LogP contribution is -2.24. The maximum atomic E-state index is 11.9. The molecule has 1 N–H and O–H groups in total. The van der Waals surface area contributed by atoms with Crippen LogP contribution in [0.5, 0.6) is 5.75 Å². The van der Waals surface area contributed by atoms with E-state index in [0.29, 0.717) is 23.7 Å². The van der Waals surface area contributed by atoms with E-state index in [1.807, 2.05) is 19.9 Å². The van der Waals surface area contributed by atoms with Gasteiger partial charge < -0.3 is 14.7 Å². The summed E-state index contributed by atoms with van der Waals surface area (Å²) in [6.45, 7) is 4.43. The maximum absolute atomic E-state index is 11.9. The van der Waals surface area contributed by atoms with Gasteiger partial charge >= 0.3 is 0 Å². The second-order valence-electron chi connectivity index (χ2n) is 5.04. The van der Waals surface area contributed by atoms with Gasteiger partial charge in [-0.15, -0.1) is 0 Å². The Morgan fingerprint density at radius 1 is 1.53 bits per heavy atom. The van der Waals surface area contributed by atoms with Crippen LogP contribution in [0.1, 0.15) is 20.3 Å². The molecule has 0 saturated carbocycles. The van der Waals surface area contributed by atoms with Crippen LogP contribution < -0.4 is 9.64 Å². The smallest absolute Gasteiger partial charge is 0.227 e. The van der Waals surface area contributed by atoms with Crippen LogP contribution in [0.2, 0.25) is 5.02 Å². The minimum absolute atomic E-state index is 0.0119. The fraction of sp³-hybridized carbons (Fsp3) is 0.500. The molecule has 1 heterocycles. The van der Waals surface area contributed by atoms with Gasteiger partial charge in [0.25, 0.3) is 0 Å². The summed E-state index contributed by atoms with van der Waals surface area (Å²) in [6, 6.07) is 5.33. The Morgan fingerprint density at radius 2 is 2.26 bits per heavy atom. The number of hydrogen-bond acceptors (Lipinski definition) is 3. The molecular weight excluding hydrogens is 266 g/mol. The minimum atomic E-state index is 0.0119. The standard InChI is InChI=1S/C14H18ClNO3/c1-9(2)19-13-4-3-11(6-12(13)15)16-7-10(8-17)5-14(16)18/h3-4,6,9-10,17H,5,7-8H2,1-2H3. The number of carbonyl (C=O) groups is 1. The third-order valence-corrected chi connectivity index (χ3v) is 3.35. The summed E-state index contributed by atoms with van der Waals surface area (Å²) in [5, 5.41) is 9.61. The van der Waals surface area contributed by atoms with E-state index in [1.165, 1.54) is 0 Å². The van der Waals surface area contributed by atoms with Crippen molar-refractivity contribution in [1.82, 2.24) is 0 Å². The third kappa shape index (κ3) is 3.19. The molecular formula is C14H18ClNO3. The van der Waals surface area contributed by atoms with Gasteiger partial charge in [-0.05, 0) is 32.0 Å². The molecule has 4 nitrogen and oxygen atoms in total. The first-order valence-electron chi connectivity index (χ1n) is 6.38. The summed E-state index contributed by atoms with van der Waals surface area (Å²) >= 11 is 6.16. The highest BCUT2D eigenvalue weighted by molar-refractivity contribution is 6.32. The average molecular weight is 284 g/mol. The van der Waals surface area contributed by atoms with Crippen LogP contribution >= 0.6 is 11.6 Å². The number of amides is 1. The highest BCUT2D eigenvalue weighted by Gasteiger charge is 2.30. The summed E-state index contributed by atoms with van der Waals surface area (Å²) in [7, 11) is 0. The van der Waals surface area contributed by atoms with E-state index in [1.54, 1.807) is 17.0 Å². The number of carbonyl (C=O) groups excluding carboxylic acids is 1. The summed E-state index contributed by atoms with van der Waals surface area (Å²) in [6.07, 6.45) is 0.439. The first kappa shape index (κ1) is 14.2. The van der Waals surface area contributed by atoms with Crippen molar-refractivity contribution in [2.45, 2.75) is 26.4 Å². The maximum Gasteiger partial charge on any atom is 0.227 e. The zero-order chi connectivity index (χ0) is 14.0. The molecule has 1 saturated heterocycles. The molecule has 19 heavy (non-hydrogen) atoms. The first-order chi connectivity index (χ1) is 9.01. The molecule has 1 unspecified atom stereocenters. The molecule has 0 aliphatic carbocycles. The highest BCUT2D eigenvalue weighted by Crippen LogP contribution is 2.32. The van der Waals surface area contributed by atoms with Crippen molar-refractivity contribution in [1.29, 1.82) is 0 Å². The predicted octanol–water partition coefficient (Wildman–Crippen LogP) is 2.47. The molecule has 0 bridgehead atoms. The van der Waals surface area contributed by atoms with Crippen molar-refractivity contribution >= 4 is 23.2 Å². The van der Waals surface area contributed by atoms with Gasteiger partial charge in [-0.1, -0.05) is 11.6 Å². The molecule has 1 aromatic carbocycles. The number of halogens is 1. The largest absolute Gasteiger partial charge is 0.489 e. The average Bonchev–Trinajstić information content (AvgIpc) is 2.73. The van der Waals surface area contributed by atoms with Crippen LogP contribution in [-0.2, 0) is 4.79 Å². The monoisotopic (exact) mass is 283 g/mol. The molecule has 0 aromatic heterocycles. The van der Waals surface area contributed by atoms with Gasteiger partial charge in [0.1, 0.15) is 5.75 Å². The van der Waals surface area contributed by atoms with Crippen molar-refractivity contribution in [2.24, 2.45) is 5.92 Å². The van der Waals surface area contributed by atoms with E-state index in [9.17, 15) is 4.79 Å². The second kappa shape index (κ2) is 5.80. The lowest BCUT2D eigenvalue weighted by molar-refractivity contribution is -0.117. The van der Waals surface area contributed by atoms with E-state index >= 15 is 0 Å². The number of anilines is 1. The van der Waals surface area contributed by atoms with Crippen molar-refractivity contribution < 1.29 is 14.6 Å². The number of benzene rings is 1. The van der Waals surface area contributed by atoms with Crippen LogP contribution in [0.25, 0.3) is 0 Å². The fourth-order valence-electron chi connectivity index (χ4n) is 2.16. The lowest BCUT2D eigenvalue weighted by Gasteiger charge is -2.18. The zero-order valence-electron chi connectivity index (χ0n) is 11.1. The van der Waals surface area contributed by atoms with Crippen molar-refractivity contribution in [3.05, 3.63) is 23.2 Å². The van der Waals surface area contributed by atoms with Crippen LogP contribution in [0.4, 0.5) is 5.69 Å². The van der Waals surface area contributed by atoms with Gasteiger partial charge in [0, 0.05) is 31.2 Å². The number of hydrogen-bond donors (Lipinski definition) is 1. The lowest BCUT2D eigenvalue weighted by atomic mass is 10.1. The van der Waals surface area contributed by atoms with E-state index in [2.05, 4.69) is 0 Å². The Balaban J connectivity index is 2.18. The van der Waals surface area contributed by atoms with Gasteiger partial charge in [-0.3, -0.25) is 4.79 Å². The normalized spacial score (nSPS) is 19.3. The van der Waals surface area contributed by atoms with Crippen LogP contribution in [-0.4, -0.2) is 30.3 Å². The van der Waals surface area contributed by atoms with E-state index in [0.717, 1.165) is 5.69 Å². The molecule has 1 amide bonds. The van der Waals surface area contributed by atoms with E-state index in [-0.39, 0.29) is 24.5 Å². The molecule has 0 radical (unpaired) electrons. The van der Waals surface area contributed by atoms with Gasteiger partial charge in [-0.25, -0.2) is 0 Å². The van der Waals surface area contributed by atoms with Crippen LogP contribution in [0, 0.1) is 5.92 Å². The topological polar surface area (TPSA) is 49.8 Å². The summed E-state index contributed by atoms with van der Waals surface area (Å²) in [4.78, 5) is 13.5. The Labute approximate surface area is 117 Å². The number of rotatable bonds is 4. The summed E-state index contributed by atoms with van der Waals surface area (Å²) in [5.74, 6) is 0.649. The predicted molar refractivity (Wildman–Crippen MR) is 74.8 cm³/mol. The molecule has 1 fully saturated rings. The SMILES string of the molecule is CC(C)Oc1ccc(N2CC(CO)CC2=O)cc1Cl. The molecule has 1 aliphatic rings. The Hall–Kier alpha value is -1.26. The van der Waals surface area contributed by atoms with Gasteiger partial charge in [-0.2, -0.15) is 0 Å². The Kier molecular flexibility index (Phi) is 4.32. The third-order valence-electron chi connectivity index (χ3n) is 3.05. The van der Waals surface area contributed by atoms with Gasteiger partial charge in [0.05, 0.1) is 11.1 Å². The molecule has 104 valence electrons. The summed E-state index contributed by atoms with van der Waals surface area (Å²) < 4.78 is 5.56. The molecule has 1 atom stereocenters. The Bertz CT molecular complexity index is 476. The fourth-order valence-corrected chi connectivity index (χ4v) is 2.38. The first-order valence-corrected chi connectivity index (χ1v) is 6.76. The van der Waals surface area contributed by atoms with Gasteiger partial charge in [0.2, 0.25) is 5.91 Å². The molecule has 1 aliphatic heterocycles. The van der Waals surface area contributed by atoms with Crippen LogP contribution in [0.15, 0.2) is 18.2 Å². The van der Waals surface area contributed by atoms with E-state index in [4.69, 9.17) is 21.4 Å². The van der Waals surface area contributed by atoms with Crippen molar-refractivity contribution in [3.8, 4) is 5.75 Å². The van der Waals surface area contributed by atoms with Crippen molar-refractivity contribution in [2.75, 3.05) is 18.1 Å². The minimum Gasteiger partial charge on any atom is -0.489 e. The molecule has 0 spiro atoms. The van der Waals surface area contributed by atoms with Crippen molar-refractivity contribution in [3.63, 3.8) is 0 Å². The number of aliphatic hydroxyl groups excluding tert-OH is 1. The highest BCUT2D eigenvalue weighted by atomic mass is 35.5. The molecule has 5 heteroatoms. The number of ether oxygens (including phenoxy) is 1. The zero-order valence-corrected chi connectivity index (χ0v) is 11.9. The second-order valence-corrected chi connectivity index (χ2v) is 5.45. The van der Waals surface area contributed by atoms with Crippen LogP contribution in [0.3, 0.4) is 0 Å². The number of nitrogens with zero attached hydrogens (tertiary/aromatic N) is 1. The van der Waals surface area contributed by atoms with Gasteiger partial charge in [0.15, 0.2) is 0 Å². The number of aliphatic hydroxyl groups is 1. The molecule has 1 aromatic rings. The summed E-state index contributed by atoms with van der Waals surface area (Å²) in [5.41, 5.74) is 0.752. The van der Waals surface area contributed by atoms with E-state index < -0.39 is 0 Å². The quantitative estimate of drug-likeness (QED) is 0.923. The Morgan fingerprint density at radius 3 is 2.79 bits per heavy atom.